The van der Waals surface area contributed by atoms with Crippen molar-refractivity contribution in [2.45, 2.75) is 32.0 Å². The van der Waals surface area contributed by atoms with Crippen molar-refractivity contribution in [3.05, 3.63) is 35.9 Å². The third-order valence-electron chi connectivity index (χ3n) is 2.72. The first-order chi connectivity index (χ1) is 9.42. The van der Waals surface area contributed by atoms with Crippen molar-refractivity contribution in [1.82, 2.24) is 10.6 Å². The molecule has 0 saturated heterocycles. The maximum absolute atomic E-state index is 12.6. The van der Waals surface area contributed by atoms with Crippen LogP contribution in [0.25, 0.3) is 0 Å². The molecule has 3 nitrogen and oxygen atoms in total. The normalized spacial score (nSPS) is 13.0. The summed E-state index contributed by atoms with van der Waals surface area (Å²) in [5, 5.41) is 5.29. The zero-order valence-corrected chi connectivity index (χ0v) is 11.3. The van der Waals surface area contributed by atoms with Gasteiger partial charge in [0.05, 0.1) is 13.0 Å². The van der Waals surface area contributed by atoms with Gasteiger partial charge in [0.15, 0.2) is 0 Å². The number of carbonyl (C=O) groups is 1. The molecule has 1 aromatic rings. The molecular weight excluding hydrogens is 269 g/mol. The van der Waals surface area contributed by atoms with Crippen molar-refractivity contribution in [2.24, 2.45) is 0 Å². The highest BCUT2D eigenvalue weighted by atomic mass is 19.4. The highest BCUT2D eigenvalue weighted by Gasteiger charge is 2.32. The Morgan fingerprint density at radius 1 is 1.25 bits per heavy atom. The zero-order valence-electron chi connectivity index (χ0n) is 11.3. The van der Waals surface area contributed by atoms with Gasteiger partial charge in [-0.2, -0.15) is 13.2 Å². The van der Waals surface area contributed by atoms with Gasteiger partial charge in [-0.25, -0.2) is 0 Å². The minimum Gasteiger partial charge on any atom is -0.355 e. The van der Waals surface area contributed by atoms with Crippen LogP contribution in [0.4, 0.5) is 13.2 Å². The Morgan fingerprint density at radius 2 is 1.90 bits per heavy atom. The number of hydrogen-bond acceptors (Lipinski definition) is 2. The van der Waals surface area contributed by atoms with E-state index in [1.165, 1.54) is 0 Å². The summed E-state index contributed by atoms with van der Waals surface area (Å²) < 4.78 is 37.7. The zero-order chi connectivity index (χ0) is 15.0. The van der Waals surface area contributed by atoms with Crippen LogP contribution in [0.3, 0.4) is 0 Å². The summed E-state index contributed by atoms with van der Waals surface area (Å²) in [6.45, 7) is 2.30. The molecule has 0 radical (unpaired) electrons. The lowest BCUT2D eigenvalue weighted by Crippen LogP contribution is -2.37. The van der Waals surface area contributed by atoms with E-state index in [2.05, 4.69) is 10.6 Å². The molecule has 0 heterocycles. The Balaban J connectivity index is 2.62. The second kappa shape index (κ2) is 7.89. The van der Waals surface area contributed by atoms with E-state index >= 15 is 0 Å². The van der Waals surface area contributed by atoms with Crippen LogP contribution >= 0.6 is 0 Å². The molecule has 0 aromatic heterocycles. The first kappa shape index (κ1) is 16.5. The van der Waals surface area contributed by atoms with Gasteiger partial charge in [-0.1, -0.05) is 37.3 Å². The molecule has 0 fully saturated rings. The predicted molar refractivity (Wildman–Crippen MR) is 71.2 cm³/mol. The van der Waals surface area contributed by atoms with Gasteiger partial charge in [-0.05, 0) is 12.0 Å². The molecule has 112 valence electrons. The van der Waals surface area contributed by atoms with Crippen LogP contribution in [0, 0.1) is 0 Å². The van der Waals surface area contributed by atoms with Crippen molar-refractivity contribution in [3.63, 3.8) is 0 Å². The minimum absolute atomic E-state index is 0.129. The Bertz CT molecular complexity index is 407. The molecule has 0 spiro atoms. The van der Waals surface area contributed by atoms with Crippen molar-refractivity contribution >= 4 is 5.91 Å². The van der Waals surface area contributed by atoms with Gasteiger partial charge in [0.1, 0.15) is 0 Å². The summed E-state index contributed by atoms with van der Waals surface area (Å²) in [5.74, 6) is -0.296. The van der Waals surface area contributed by atoms with Crippen LogP contribution in [0.5, 0.6) is 0 Å². The van der Waals surface area contributed by atoms with Crippen molar-refractivity contribution in [3.8, 4) is 0 Å². The van der Waals surface area contributed by atoms with Crippen LogP contribution in [-0.2, 0) is 4.79 Å². The minimum atomic E-state index is -4.28. The van der Waals surface area contributed by atoms with Crippen molar-refractivity contribution < 1.29 is 18.0 Å². The van der Waals surface area contributed by atoms with Crippen LogP contribution in [0.15, 0.2) is 30.3 Å². The molecule has 1 unspecified atom stereocenters. The topological polar surface area (TPSA) is 41.1 Å². The van der Waals surface area contributed by atoms with Gasteiger partial charge in [0.2, 0.25) is 5.91 Å². The second-order valence-corrected chi connectivity index (χ2v) is 4.51. The van der Waals surface area contributed by atoms with Crippen LogP contribution in [0.2, 0.25) is 0 Å². The SMILES string of the molecule is CCCNC(=O)CNC(CC(F)(F)F)c1ccccc1. The lowest BCUT2D eigenvalue weighted by Gasteiger charge is -2.20. The number of nitrogens with one attached hydrogen (secondary N) is 2. The molecule has 1 amide bonds. The largest absolute Gasteiger partial charge is 0.390 e. The maximum atomic E-state index is 12.6. The first-order valence-electron chi connectivity index (χ1n) is 6.54. The Kier molecular flexibility index (Phi) is 6.51. The number of carbonyl (C=O) groups excluding carboxylic acids is 1. The summed E-state index contributed by atoms with van der Waals surface area (Å²) in [6.07, 6.45) is -4.50. The summed E-state index contributed by atoms with van der Waals surface area (Å²) >= 11 is 0. The molecule has 0 aliphatic heterocycles. The van der Waals surface area contributed by atoms with Gasteiger partial charge in [0.25, 0.3) is 0 Å². The molecule has 1 atom stereocenters. The second-order valence-electron chi connectivity index (χ2n) is 4.51. The van der Waals surface area contributed by atoms with E-state index in [0.717, 1.165) is 6.42 Å². The average molecular weight is 288 g/mol. The maximum Gasteiger partial charge on any atom is 0.390 e. The standard InChI is InChI=1S/C14H19F3N2O/c1-2-8-18-13(20)10-19-12(9-14(15,16)17)11-6-4-3-5-7-11/h3-7,12,19H,2,8-10H2,1H3,(H,18,20). The summed E-state index contributed by atoms with van der Waals surface area (Å²) in [5.41, 5.74) is 0.521. The third-order valence-corrected chi connectivity index (χ3v) is 2.72. The van der Waals surface area contributed by atoms with E-state index in [9.17, 15) is 18.0 Å². The Morgan fingerprint density at radius 3 is 2.45 bits per heavy atom. The lowest BCUT2D eigenvalue weighted by atomic mass is 10.0. The fourth-order valence-electron chi connectivity index (χ4n) is 1.77. The molecule has 1 rings (SSSR count). The molecule has 2 N–H and O–H groups in total. The molecule has 6 heteroatoms. The van der Waals surface area contributed by atoms with E-state index in [0.29, 0.717) is 12.1 Å². The smallest absolute Gasteiger partial charge is 0.355 e. The highest BCUT2D eigenvalue weighted by Crippen LogP contribution is 2.29. The van der Waals surface area contributed by atoms with E-state index < -0.39 is 18.6 Å². The fraction of sp³-hybridized carbons (Fsp3) is 0.500. The Hall–Kier alpha value is -1.56. The average Bonchev–Trinajstić information content (AvgIpc) is 2.41. The predicted octanol–water partition coefficient (Wildman–Crippen LogP) is 2.80. The number of alkyl halides is 3. The van der Waals surface area contributed by atoms with E-state index in [4.69, 9.17) is 0 Å². The molecule has 20 heavy (non-hydrogen) atoms. The van der Waals surface area contributed by atoms with Crippen molar-refractivity contribution in [1.29, 1.82) is 0 Å². The molecule has 1 aromatic carbocycles. The quantitative estimate of drug-likeness (QED) is 0.810. The number of amides is 1. The number of benzene rings is 1. The van der Waals surface area contributed by atoms with Crippen LogP contribution < -0.4 is 10.6 Å². The van der Waals surface area contributed by atoms with Gasteiger partial charge in [0, 0.05) is 12.6 Å². The van der Waals surface area contributed by atoms with Gasteiger partial charge >= 0.3 is 6.18 Å². The summed E-state index contributed by atoms with van der Waals surface area (Å²) in [4.78, 5) is 11.4. The number of halogens is 3. The molecular formula is C14H19F3N2O. The first-order valence-corrected chi connectivity index (χ1v) is 6.54. The highest BCUT2D eigenvalue weighted by molar-refractivity contribution is 5.77. The van der Waals surface area contributed by atoms with E-state index in [-0.39, 0.29) is 12.5 Å². The molecule has 0 aliphatic rings. The summed E-state index contributed by atoms with van der Waals surface area (Å²) in [6, 6.07) is 7.42. The number of rotatable bonds is 7. The lowest BCUT2D eigenvalue weighted by molar-refractivity contribution is -0.141. The fourth-order valence-corrected chi connectivity index (χ4v) is 1.77. The van der Waals surface area contributed by atoms with E-state index in [1.54, 1.807) is 30.3 Å². The monoisotopic (exact) mass is 288 g/mol. The molecule has 0 aliphatic carbocycles. The summed E-state index contributed by atoms with van der Waals surface area (Å²) in [7, 11) is 0. The molecule has 0 bridgehead atoms. The van der Waals surface area contributed by atoms with Crippen LogP contribution in [0.1, 0.15) is 31.4 Å². The van der Waals surface area contributed by atoms with Crippen molar-refractivity contribution in [2.75, 3.05) is 13.1 Å². The third kappa shape index (κ3) is 6.56. The molecule has 0 saturated carbocycles. The van der Waals surface area contributed by atoms with Gasteiger partial charge in [-0.15, -0.1) is 0 Å². The van der Waals surface area contributed by atoms with Gasteiger partial charge in [-0.3, -0.25) is 4.79 Å². The van der Waals surface area contributed by atoms with Gasteiger partial charge < -0.3 is 10.6 Å². The van der Waals surface area contributed by atoms with Crippen LogP contribution in [-0.4, -0.2) is 25.2 Å². The Labute approximate surface area is 116 Å². The number of hydrogen-bond donors (Lipinski definition) is 2. The van der Waals surface area contributed by atoms with E-state index in [1.807, 2.05) is 6.92 Å².